The zero-order chi connectivity index (χ0) is 9.84. The van der Waals surface area contributed by atoms with Crippen LogP contribution in [0.1, 0.15) is 5.56 Å². The van der Waals surface area contributed by atoms with E-state index in [2.05, 4.69) is 0 Å². The van der Waals surface area contributed by atoms with Gasteiger partial charge in [0.25, 0.3) is 0 Å². The van der Waals surface area contributed by atoms with Crippen LogP contribution in [-0.2, 0) is 0 Å². The van der Waals surface area contributed by atoms with E-state index in [9.17, 15) is 8.78 Å². The van der Waals surface area contributed by atoms with Crippen molar-refractivity contribution in [2.24, 2.45) is 0 Å². The summed E-state index contributed by atoms with van der Waals surface area (Å²) in [5.41, 5.74) is 0.189. The summed E-state index contributed by atoms with van der Waals surface area (Å²) < 4.78 is 25.3. The van der Waals surface area contributed by atoms with Crippen molar-refractivity contribution in [2.75, 3.05) is 0 Å². The third-order valence-electron chi connectivity index (χ3n) is 1.39. The van der Waals surface area contributed by atoms with Crippen molar-refractivity contribution in [3.05, 3.63) is 35.4 Å². The van der Waals surface area contributed by atoms with Crippen LogP contribution in [0.3, 0.4) is 0 Å². The number of nitrogens with zero attached hydrogens (tertiary/aromatic N) is 1. The molecule has 1 aromatic carbocycles. The first-order valence-electron chi connectivity index (χ1n) is 3.39. The lowest BCUT2D eigenvalue weighted by Crippen LogP contribution is -1.84. The molecule has 1 N–H and O–H groups in total. The standard InChI is InChI=1S/C9H5F2NO/c10-7-4-6(2-1-3-12)5-8(11)9(7)13/h1-2,4-5,13H. The number of hydrogen-bond acceptors (Lipinski definition) is 2. The average Bonchev–Trinajstić information content (AvgIpc) is 2.10. The first-order valence-corrected chi connectivity index (χ1v) is 3.39. The fourth-order valence-corrected chi connectivity index (χ4v) is 0.815. The Labute approximate surface area is 73.4 Å². The SMILES string of the molecule is N#CC=Cc1cc(F)c(O)c(F)c1. The zero-order valence-corrected chi connectivity index (χ0v) is 6.46. The van der Waals surface area contributed by atoms with Gasteiger partial charge in [0, 0.05) is 6.08 Å². The van der Waals surface area contributed by atoms with Crippen LogP contribution in [0, 0.1) is 23.0 Å². The number of aromatic hydroxyl groups is 1. The van der Waals surface area contributed by atoms with Crippen LogP contribution >= 0.6 is 0 Å². The molecule has 0 aliphatic carbocycles. The van der Waals surface area contributed by atoms with Crippen molar-refractivity contribution >= 4 is 6.08 Å². The molecule has 0 spiro atoms. The van der Waals surface area contributed by atoms with Gasteiger partial charge < -0.3 is 5.11 Å². The molecule has 4 heteroatoms. The second kappa shape index (κ2) is 3.68. The lowest BCUT2D eigenvalue weighted by Gasteiger charge is -1.98. The van der Waals surface area contributed by atoms with Gasteiger partial charge in [-0.25, -0.2) is 8.78 Å². The van der Waals surface area contributed by atoms with Crippen LogP contribution in [0.25, 0.3) is 6.08 Å². The highest BCUT2D eigenvalue weighted by molar-refractivity contribution is 5.53. The number of allylic oxidation sites excluding steroid dienone is 1. The quantitative estimate of drug-likeness (QED) is 0.675. The number of rotatable bonds is 1. The zero-order valence-electron chi connectivity index (χ0n) is 6.46. The molecule has 0 amide bonds. The molecule has 0 bridgehead atoms. The van der Waals surface area contributed by atoms with E-state index in [0.29, 0.717) is 0 Å². The highest BCUT2D eigenvalue weighted by Crippen LogP contribution is 2.21. The van der Waals surface area contributed by atoms with E-state index in [4.69, 9.17) is 10.4 Å². The molecule has 1 rings (SSSR count). The molecule has 0 atom stereocenters. The summed E-state index contributed by atoms with van der Waals surface area (Å²) in [5.74, 6) is -3.09. The van der Waals surface area contributed by atoms with Gasteiger partial charge >= 0.3 is 0 Å². The fraction of sp³-hybridized carbons (Fsp3) is 0. The van der Waals surface area contributed by atoms with E-state index >= 15 is 0 Å². The molecular formula is C9H5F2NO. The highest BCUT2D eigenvalue weighted by atomic mass is 19.1. The summed E-state index contributed by atoms with van der Waals surface area (Å²) in [7, 11) is 0. The van der Waals surface area contributed by atoms with Crippen LogP contribution in [0.5, 0.6) is 5.75 Å². The predicted molar refractivity (Wildman–Crippen MR) is 42.7 cm³/mol. The molecule has 66 valence electrons. The number of phenolic OH excluding ortho intramolecular Hbond substituents is 1. The molecule has 0 saturated carbocycles. The lowest BCUT2D eigenvalue weighted by molar-refractivity contribution is 0.396. The Balaban J connectivity index is 3.15. The van der Waals surface area contributed by atoms with E-state index in [1.54, 1.807) is 6.07 Å². The molecule has 0 heterocycles. The Bertz CT molecular complexity index is 370. The minimum Gasteiger partial charge on any atom is -0.503 e. The summed E-state index contributed by atoms with van der Waals surface area (Å²) in [6, 6.07) is 3.56. The third kappa shape index (κ3) is 2.03. The maximum atomic E-state index is 12.7. The smallest absolute Gasteiger partial charge is 0.187 e. The van der Waals surface area contributed by atoms with Crippen LogP contribution in [-0.4, -0.2) is 5.11 Å². The Hall–Kier alpha value is -1.89. The minimum absolute atomic E-state index is 0.189. The molecule has 2 nitrogen and oxygen atoms in total. The second-order valence-corrected chi connectivity index (χ2v) is 2.30. The van der Waals surface area contributed by atoms with Crippen molar-refractivity contribution in [2.45, 2.75) is 0 Å². The molecule has 0 aliphatic heterocycles. The lowest BCUT2D eigenvalue weighted by atomic mass is 10.2. The predicted octanol–water partition coefficient (Wildman–Crippen LogP) is 2.21. The maximum absolute atomic E-state index is 12.7. The Morgan fingerprint density at radius 2 is 1.85 bits per heavy atom. The van der Waals surface area contributed by atoms with Crippen LogP contribution in [0.2, 0.25) is 0 Å². The molecule has 0 fully saturated rings. The second-order valence-electron chi connectivity index (χ2n) is 2.30. The number of halogens is 2. The summed E-state index contributed by atoms with van der Waals surface area (Å²) in [5, 5.41) is 16.9. The van der Waals surface area contributed by atoms with E-state index in [0.717, 1.165) is 18.2 Å². The molecule has 0 saturated heterocycles. The largest absolute Gasteiger partial charge is 0.503 e. The van der Waals surface area contributed by atoms with Gasteiger partial charge in [-0.05, 0) is 23.8 Å². The van der Waals surface area contributed by atoms with Crippen LogP contribution < -0.4 is 0 Å². The van der Waals surface area contributed by atoms with Crippen molar-refractivity contribution in [1.29, 1.82) is 5.26 Å². The molecule has 0 aromatic heterocycles. The Kier molecular flexibility index (Phi) is 2.60. The van der Waals surface area contributed by atoms with Gasteiger partial charge in [0.15, 0.2) is 17.4 Å². The van der Waals surface area contributed by atoms with Crippen molar-refractivity contribution in [3.63, 3.8) is 0 Å². The number of nitriles is 1. The minimum atomic E-state index is -1.04. The van der Waals surface area contributed by atoms with Crippen molar-refractivity contribution in [3.8, 4) is 11.8 Å². The van der Waals surface area contributed by atoms with Crippen molar-refractivity contribution < 1.29 is 13.9 Å². The van der Waals surface area contributed by atoms with Gasteiger partial charge in [-0.2, -0.15) is 5.26 Å². The number of benzene rings is 1. The first kappa shape index (κ1) is 9.20. The number of phenols is 1. The summed E-state index contributed by atoms with van der Waals surface area (Å²) in [6.45, 7) is 0. The maximum Gasteiger partial charge on any atom is 0.187 e. The summed E-state index contributed by atoms with van der Waals surface area (Å²) in [4.78, 5) is 0. The fourth-order valence-electron chi connectivity index (χ4n) is 0.815. The van der Waals surface area contributed by atoms with E-state index < -0.39 is 17.4 Å². The van der Waals surface area contributed by atoms with Gasteiger partial charge in [-0.1, -0.05) is 0 Å². The van der Waals surface area contributed by atoms with Gasteiger partial charge in [0.1, 0.15) is 0 Å². The third-order valence-corrected chi connectivity index (χ3v) is 1.39. The van der Waals surface area contributed by atoms with E-state index in [1.165, 1.54) is 6.08 Å². The summed E-state index contributed by atoms with van der Waals surface area (Å²) in [6.07, 6.45) is 2.33. The van der Waals surface area contributed by atoms with E-state index in [-0.39, 0.29) is 5.56 Å². The van der Waals surface area contributed by atoms with Gasteiger partial charge in [0.05, 0.1) is 6.07 Å². The van der Waals surface area contributed by atoms with Crippen molar-refractivity contribution in [1.82, 2.24) is 0 Å². The van der Waals surface area contributed by atoms with Gasteiger partial charge in [0.2, 0.25) is 0 Å². The van der Waals surface area contributed by atoms with Crippen LogP contribution in [0.15, 0.2) is 18.2 Å². The highest BCUT2D eigenvalue weighted by Gasteiger charge is 2.07. The summed E-state index contributed by atoms with van der Waals surface area (Å²) >= 11 is 0. The Morgan fingerprint density at radius 1 is 1.31 bits per heavy atom. The molecule has 13 heavy (non-hydrogen) atoms. The molecule has 0 aliphatic rings. The molecule has 0 unspecified atom stereocenters. The number of hydrogen-bond donors (Lipinski definition) is 1. The van der Waals surface area contributed by atoms with Gasteiger partial charge in [-0.3, -0.25) is 0 Å². The average molecular weight is 181 g/mol. The normalized spacial score (nSPS) is 10.2. The monoisotopic (exact) mass is 181 g/mol. The molecule has 0 radical (unpaired) electrons. The molecule has 1 aromatic rings. The van der Waals surface area contributed by atoms with E-state index in [1.807, 2.05) is 0 Å². The topological polar surface area (TPSA) is 44.0 Å². The molecular weight excluding hydrogens is 176 g/mol. The van der Waals surface area contributed by atoms with Gasteiger partial charge in [-0.15, -0.1) is 0 Å². The Morgan fingerprint density at radius 3 is 2.31 bits per heavy atom. The van der Waals surface area contributed by atoms with Crippen LogP contribution in [0.4, 0.5) is 8.78 Å². The first-order chi connectivity index (χ1) is 6.15.